The van der Waals surface area contributed by atoms with E-state index in [2.05, 4.69) is 11.7 Å². The first-order valence-electron chi connectivity index (χ1n) is 6.21. The van der Waals surface area contributed by atoms with Crippen LogP contribution in [0.2, 0.25) is 0 Å². The van der Waals surface area contributed by atoms with E-state index in [1.54, 1.807) is 23.9 Å². The molecule has 0 atom stereocenters. The highest BCUT2D eigenvalue weighted by atomic mass is 16.5. The van der Waals surface area contributed by atoms with Crippen molar-refractivity contribution in [3.63, 3.8) is 0 Å². The monoisotopic (exact) mass is 252 g/mol. The number of nitrogens with zero attached hydrogens (tertiary/aromatic N) is 2. The lowest BCUT2D eigenvalue weighted by atomic mass is 10.4. The van der Waals surface area contributed by atoms with E-state index < -0.39 is 5.97 Å². The molecule has 1 rings (SSSR count). The summed E-state index contributed by atoms with van der Waals surface area (Å²) in [6, 6.07) is 0. The summed E-state index contributed by atoms with van der Waals surface area (Å²) in [7, 11) is 0. The molecule has 0 amide bonds. The summed E-state index contributed by atoms with van der Waals surface area (Å²) in [4.78, 5) is 11.7. The van der Waals surface area contributed by atoms with Gasteiger partial charge in [0.1, 0.15) is 0 Å². The Balaban J connectivity index is 2.82. The first-order chi connectivity index (χ1) is 8.72. The zero-order chi connectivity index (χ0) is 13.4. The normalized spacial score (nSPS) is 10.1. The van der Waals surface area contributed by atoms with E-state index >= 15 is 0 Å². The van der Waals surface area contributed by atoms with Crippen molar-refractivity contribution in [2.75, 3.05) is 13.2 Å². The molecule has 0 radical (unpaired) electrons. The van der Waals surface area contributed by atoms with Crippen molar-refractivity contribution in [2.24, 2.45) is 0 Å². The number of hydrogen-bond acceptors (Lipinski definition) is 4. The number of hydrogen-bond donors (Lipinski definition) is 0. The second-order valence-corrected chi connectivity index (χ2v) is 3.75. The van der Waals surface area contributed by atoms with Crippen LogP contribution in [-0.4, -0.2) is 29.0 Å². The van der Waals surface area contributed by atoms with E-state index in [0.717, 1.165) is 19.4 Å². The van der Waals surface area contributed by atoms with Crippen molar-refractivity contribution in [2.45, 2.75) is 33.2 Å². The van der Waals surface area contributed by atoms with E-state index in [1.165, 1.54) is 0 Å². The molecular formula is C13H20N2O3. The first-order valence-corrected chi connectivity index (χ1v) is 6.21. The third-order valence-corrected chi connectivity index (χ3v) is 2.23. The fraction of sp³-hybridized carbons (Fsp3) is 0.538. The van der Waals surface area contributed by atoms with Crippen molar-refractivity contribution in [3.05, 3.63) is 24.5 Å². The van der Waals surface area contributed by atoms with Gasteiger partial charge in [-0.25, -0.2) is 4.79 Å². The van der Waals surface area contributed by atoms with Crippen molar-refractivity contribution in [1.29, 1.82) is 0 Å². The van der Waals surface area contributed by atoms with Gasteiger partial charge in [-0.1, -0.05) is 13.0 Å². The Morgan fingerprint density at radius 1 is 1.56 bits per heavy atom. The minimum Gasteiger partial charge on any atom is -0.489 e. The zero-order valence-corrected chi connectivity index (χ0v) is 11.0. The molecule has 0 fully saturated rings. The molecule has 0 aliphatic heterocycles. The highest BCUT2D eigenvalue weighted by molar-refractivity contribution is 5.90. The van der Waals surface area contributed by atoms with Gasteiger partial charge < -0.3 is 9.47 Å². The fourth-order valence-electron chi connectivity index (χ4n) is 1.45. The smallest absolute Gasteiger partial charge is 0.362 e. The zero-order valence-electron chi connectivity index (χ0n) is 11.0. The Morgan fingerprint density at radius 3 is 2.94 bits per heavy atom. The van der Waals surface area contributed by atoms with Gasteiger partial charge in [0.25, 0.3) is 0 Å². The Kier molecular flexibility index (Phi) is 5.97. The number of aromatic nitrogens is 2. The van der Waals surface area contributed by atoms with Gasteiger partial charge in [-0.05, 0) is 19.8 Å². The molecule has 1 aromatic heterocycles. The molecule has 0 unspecified atom stereocenters. The van der Waals surface area contributed by atoms with Gasteiger partial charge >= 0.3 is 5.97 Å². The molecule has 5 nitrogen and oxygen atoms in total. The summed E-state index contributed by atoms with van der Waals surface area (Å²) in [5.41, 5.74) is 0.245. The molecule has 0 bridgehead atoms. The van der Waals surface area contributed by atoms with Crippen LogP contribution in [0.15, 0.2) is 18.9 Å². The van der Waals surface area contributed by atoms with Gasteiger partial charge in [-0.15, -0.1) is 6.58 Å². The highest BCUT2D eigenvalue weighted by Crippen LogP contribution is 2.18. The standard InChI is InChI=1S/C13H20N2O3/c1-4-7-9-18-11-10-15(8-5-2)14-12(11)13(16)17-6-3/h4,10H,1,5-9H2,2-3H3. The molecule has 100 valence electrons. The van der Waals surface area contributed by atoms with E-state index in [0.29, 0.717) is 19.0 Å². The van der Waals surface area contributed by atoms with Crippen LogP contribution in [0.5, 0.6) is 5.75 Å². The van der Waals surface area contributed by atoms with Crippen LogP contribution in [0.25, 0.3) is 0 Å². The number of ether oxygens (including phenoxy) is 2. The van der Waals surface area contributed by atoms with Crippen LogP contribution in [0.3, 0.4) is 0 Å². The molecule has 0 aromatic carbocycles. The molecule has 0 saturated heterocycles. The minimum atomic E-state index is -0.444. The first kappa shape index (κ1) is 14.3. The lowest BCUT2D eigenvalue weighted by Crippen LogP contribution is -2.09. The maximum Gasteiger partial charge on any atom is 0.362 e. The minimum absolute atomic E-state index is 0.245. The van der Waals surface area contributed by atoms with Crippen LogP contribution in [0, 0.1) is 0 Å². The largest absolute Gasteiger partial charge is 0.489 e. The number of carbonyl (C=O) groups is 1. The van der Waals surface area contributed by atoms with Crippen LogP contribution in [-0.2, 0) is 11.3 Å². The molecule has 1 heterocycles. The van der Waals surface area contributed by atoms with E-state index in [-0.39, 0.29) is 5.69 Å². The number of carbonyl (C=O) groups excluding carboxylic acids is 1. The second kappa shape index (κ2) is 7.53. The van der Waals surface area contributed by atoms with Gasteiger partial charge in [0.05, 0.1) is 19.4 Å². The molecule has 0 N–H and O–H groups in total. The summed E-state index contributed by atoms with van der Waals surface area (Å²) in [5.74, 6) is 0.0321. The van der Waals surface area contributed by atoms with Gasteiger partial charge in [-0.2, -0.15) is 5.10 Å². The number of esters is 1. The summed E-state index contributed by atoms with van der Waals surface area (Å²) >= 11 is 0. The Hall–Kier alpha value is -1.78. The van der Waals surface area contributed by atoms with Crippen molar-refractivity contribution in [3.8, 4) is 5.75 Å². The van der Waals surface area contributed by atoms with E-state index in [1.807, 2.05) is 6.92 Å². The molecule has 0 aliphatic rings. The summed E-state index contributed by atoms with van der Waals surface area (Å²) in [6.45, 7) is 8.98. The van der Waals surface area contributed by atoms with E-state index in [4.69, 9.17) is 9.47 Å². The number of rotatable bonds is 8. The third-order valence-electron chi connectivity index (χ3n) is 2.23. The Labute approximate surface area is 107 Å². The molecule has 0 aliphatic carbocycles. The molecular weight excluding hydrogens is 232 g/mol. The van der Waals surface area contributed by atoms with Gasteiger partial charge in [-0.3, -0.25) is 4.68 Å². The summed E-state index contributed by atoms with van der Waals surface area (Å²) < 4.78 is 12.2. The van der Waals surface area contributed by atoms with Gasteiger partial charge in [0.15, 0.2) is 5.75 Å². The predicted octanol–water partition coefficient (Wildman–Crippen LogP) is 2.42. The lowest BCUT2D eigenvalue weighted by Gasteiger charge is -2.03. The summed E-state index contributed by atoms with van der Waals surface area (Å²) in [6.07, 6.45) is 5.16. The number of aryl methyl sites for hydroxylation is 1. The molecule has 0 spiro atoms. The van der Waals surface area contributed by atoms with Crippen LogP contribution in [0.1, 0.15) is 37.2 Å². The molecule has 1 aromatic rings. The van der Waals surface area contributed by atoms with Gasteiger partial charge in [0.2, 0.25) is 5.69 Å². The lowest BCUT2D eigenvalue weighted by molar-refractivity contribution is 0.0514. The average Bonchev–Trinajstić information content (AvgIpc) is 2.74. The third kappa shape index (κ3) is 3.91. The highest BCUT2D eigenvalue weighted by Gasteiger charge is 2.19. The molecule has 0 saturated carbocycles. The second-order valence-electron chi connectivity index (χ2n) is 3.75. The maximum absolute atomic E-state index is 11.7. The van der Waals surface area contributed by atoms with Crippen molar-refractivity contribution in [1.82, 2.24) is 9.78 Å². The van der Waals surface area contributed by atoms with Crippen LogP contribution >= 0.6 is 0 Å². The van der Waals surface area contributed by atoms with Crippen molar-refractivity contribution >= 4 is 5.97 Å². The quantitative estimate of drug-likeness (QED) is 0.405. The Bertz CT molecular complexity index is 399. The predicted molar refractivity (Wildman–Crippen MR) is 68.8 cm³/mol. The van der Waals surface area contributed by atoms with E-state index in [9.17, 15) is 4.79 Å². The van der Waals surface area contributed by atoms with Crippen LogP contribution < -0.4 is 4.74 Å². The molecule has 5 heteroatoms. The summed E-state index contributed by atoms with van der Waals surface area (Å²) in [5, 5.41) is 4.19. The fourth-order valence-corrected chi connectivity index (χ4v) is 1.45. The molecule has 18 heavy (non-hydrogen) atoms. The average molecular weight is 252 g/mol. The van der Waals surface area contributed by atoms with Crippen molar-refractivity contribution < 1.29 is 14.3 Å². The topological polar surface area (TPSA) is 53.4 Å². The van der Waals surface area contributed by atoms with Gasteiger partial charge in [0, 0.05) is 6.54 Å². The Morgan fingerprint density at radius 2 is 2.33 bits per heavy atom. The maximum atomic E-state index is 11.7. The SMILES string of the molecule is C=CCCOc1cn(CCC)nc1C(=O)OCC. The van der Waals surface area contributed by atoms with Crippen LogP contribution in [0.4, 0.5) is 0 Å².